The highest BCUT2D eigenvalue weighted by Gasteiger charge is 2.08. The lowest BCUT2D eigenvalue weighted by Crippen LogP contribution is -1.88. The minimum Gasteiger partial charge on any atom is -0.443 e. The van der Waals surface area contributed by atoms with E-state index >= 15 is 0 Å². The van der Waals surface area contributed by atoms with Crippen LogP contribution in [0.2, 0.25) is 0 Å². The summed E-state index contributed by atoms with van der Waals surface area (Å²) in [5.41, 5.74) is 3.17. The molecule has 3 nitrogen and oxygen atoms in total. The standard InChI is InChI=1S/C13H15NO2/c1-9-3-5-11(6-4-9)7-13-14-10(2)12(8-15)16-13/h3-6,15H,7-8H2,1-2H3. The number of rotatable bonds is 3. The second-order valence-electron chi connectivity index (χ2n) is 3.94. The van der Waals surface area contributed by atoms with Crippen molar-refractivity contribution in [1.82, 2.24) is 4.98 Å². The van der Waals surface area contributed by atoms with Crippen molar-refractivity contribution in [1.29, 1.82) is 0 Å². The molecule has 0 saturated carbocycles. The van der Waals surface area contributed by atoms with E-state index in [-0.39, 0.29) is 6.61 Å². The normalized spacial score (nSPS) is 10.7. The first-order valence-electron chi connectivity index (χ1n) is 5.30. The Labute approximate surface area is 94.8 Å². The van der Waals surface area contributed by atoms with Crippen molar-refractivity contribution in [2.75, 3.05) is 0 Å². The fraction of sp³-hybridized carbons (Fsp3) is 0.308. The lowest BCUT2D eigenvalue weighted by molar-refractivity contribution is 0.243. The van der Waals surface area contributed by atoms with Gasteiger partial charge in [0.2, 0.25) is 0 Å². The van der Waals surface area contributed by atoms with Crippen LogP contribution in [0.5, 0.6) is 0 Å². The zero-order chi connectivity index (χ0) is 11.5. The van der Waals surface area contributed by atoms with Gasteiger partial charge in [-0.2, -0.15) is 0 Å². The van der Waals surface area contributed by atoms with Gasteiger partial charge in [0, 0.05) is 6.42 Å². The molecule has 1 aromatic carbocycles. The third-order valence-electron chi connectivity index (χ3n) is 2.56. The Balaban J connectivity index is 2.17. The molecule has 0 amide bonds. The number of aliphatic hydroxyl groups excluding tert-OH is 1. The molecule has 0 radical (unpaired) electrons. The predicted octanol–water partition coefficient (Wildman–Crippen LogP) is 2.37. The van der Waals surface area contributed by atoms with Crippen molar-refractivity contribution >= 4 is 0 Å². The van der Waals surface area contributed by atoms with Crippen molar-refractivity contribution < 1.29 is 9.52 Å². The molecule has 1 heterocycles. The molecule has 0 saturated heterocycles. The maximum atomic E-state index is 9.00. The number of hydrogen-bond acceptors (Lipinski definition) is 3. The van der Waals surface area contributed by atoms with E-state index in [1.807, 2.05) is 6.92 Å². The molecule has 0 aliphatic carbocycles. The van der Waals surface area contributed by atoms with Crippen LogP contribution >= 0.6 is 0 Å². The summed E-state index contributed by atoms with van der Waals surface area (Å²) in [6.45, 7) is 3.81. The van der Waals surface area contributed by atoms with E-state index in [4.69, 9.17) is 9.52 Å². The first kappa shape index (κ1) is 10.9. The molecule has 0 bridgehead atoms. The molecule has 2 aromatic rings. The quantitative estimate of drug-likeness (QED) is 0.858. The zero-order valence-corrected chi connectivity index (χ0v) is 9.53. The van der Waals surface area contributed by atoms with Gasteiger partial charge in [-0.3, -0.25) is 0 Å². The zero-order valence-electron chi connectivity index (χ0n) is 9.53. The molecule has 1 aromatic heterocycles. The Kier molecular flexibility index (Phi) is 3.06. The van der Waals surface area contributed by atoms with Gasteiger partial charge >= 0.3 is 0 Å². The minimum absolute atomic E-state index is 0.0905. The van der Waals surface area contributed by atoms with E-state index in [1.54, 1.807) is 0 Å². The van der Waals surface area contributed by atoms with Gasteiger partial charge in [0.1, 0.15) is 6.61 Å². The van der Waals surface area contributed by atoms with Gasteiger partial charge in [-0.25, -0.2) is 4.98 Å². The lowest BCUT2D eigenvalue weighted by atomic mass is 10.1. The van der Waals surface area contributed by atoms with E-state index in [0.717, 1.165) is 11.3 Å². The van der Waals surface area contributed by atoms with Gasteiger partial charge in [-0.15, -0.1) is 0 Å². The molecule has 84 valence electrons. The highest BCUT2D eigenvalue weighted by atomic mass is 16.4. The summed E-state index contributed by atoms with van der Waals surface area (Å²) < 4.78 is 5.44. The summed E-state index contributed by atoms with van der Waals surface area (Å²) in [5, 5.41) is 9.00. The molecular formula is C13H15NO2. The number of nitrogens with zero attached hydrogens (tertiary/aromatic N) is 1. The molecular weight excluding hydrogens is 202 g/mol. The summed E-state index contributed by atoms with van der Waals surface area (Å²) in [6, 6.07) is 8.26. The van der Waals surface area contributed by atoms with E-state index in [9.17, 15) is 0 Å². The van der Waals surface area contributed by atoms with Crippen LogP contribution in [0.1, 0.15) is 28.5 Å². The fourth-order valence-corrected chi connectivity index (χ4v) is 1.59. The summed E-state index contributed by atoms with van der Waals surface area (Å²) >= 11 is 0. The topological polar surface area (TPSA) is 46.3 Å². The number of aryl methyl sites for hydroxylation is 2. The predicted molar refractivity (Wildman–Crippen MR) is 61.1 cm³/mol. The maximum absolute atomic E-state index is 9.00. The summed E-state index contributed by atoms with van der Waals surface area (Å²) in [4.78, 5) is 4.27. The highest BCUT2D eigenvalue weighted by Crippen LogP contribution is 2.14. The monoisotopic (exact) mass is 217 g/mol. The van der Waals surface area contributed by atoms with Crippen LogP contribution < -0.4 is 0 Å². The smallest absolute Gasteiger partial charge is 0.199 e. The van der Waals surface area contributed by atoms with Crippen molar-refractivity contribution in [2.24, 2.45) is 0 Å². The van der Waals surface area contributed by atoms with E-state index in [2.05, 4.69) is 36.2 Å². The number of aromatic nitrogens is 1. The Bertz CT molecular complexity index is 471. The maximum Gasteiger partial charge on any atom is 0.199 e. The third-order valence-corrected chi connectivity index (χ3v) is 2.56. The first-order valence-corrected chi connectivity index (χ1v) is 5.30. The van der Waals surface area contributed by atoms with E-state index < -0.39 is 0 Å². The minimum atomic E-state index is -0.0905. The Morgan fingerprint density at radius 2 is 1.88 bits per heavy atom. The van der Waals surface area contributed by atoms with Crippen LogP contribution in [0.3, 0.4) is 0 Å². The molecule has 0 aliphatic heterocycles. The molecule has 0 spiro atoms. The molecule has 0 atom stereocenters. The van der Waals surface area contributed by atoms with Crippen LogP contribution in [-0.2, 0) is 13.0 Å². The van der Waals surface area contributed by atoms with Crippen LogP contribution in [0.4, 0.5) is 0 Å². The Morgan fingerprint density at radius 1 is 1.19 bits per heavy atom. The van der Waals surface area contributed by atoms with Gasteiger partial charge in [-0.05, 0) is 19.4 Å². The Hall–Kier alpha value is -1.61. The largest absolute Gasteiger partial charge is 0.443 e. The van der Waals surface area contributed by atoms with Crippen molar-refractivity contribution in [3.05, 3.63) is 52.7 Å². The van der Waals surface area contributed by atoms with E-state index in [1.165, 1.54) is 5.56 Å². The van der Waals surface area contributed by atoms with Gasteiger partial charge < -0.3 is 9.52 Å². The van der Waals surface area contributed by atoms with Crippen molar-refractivity contribution in [3.8, 4) is 0 Å². The second kappa shape index (κ2) is 4.49. The highest BCUT2D eigenvalue weighted by molar-refractivity contribution is 5.24. The second-order valence-corrected chi connectivity index (χ2v) is 3.94. The third kappa shape index (κ3) is 2.31. The van der Waals surface area contributed by atoms with Gasteiger partial charge in [0.05, 0.1) is 5.69 Å². The average molecular weight is 217 g/mol. The van der Waals surface area contributed by atoms with Crippen LogP contribution in [0, 0.1) is 13.8 Å². The molecule has 0 fully saturated rings. The summed E-state index contributed by atoms with van der Waals surface area (Å²) in [5.74, 6) is 1.22. The van der Waals surface area contributed by atoms with E-state index in [0.29, 0.717) is 18.1 Å². The van der Waals surface area contributed by atoms with Crippen LogP contribution in [-0.4, -0.2) is 10.1 Å². The van der Waals surface area contributed by atoms with Crippen LogP contribution in [0.15, 0.2) is 28.7 Å². The summed E-state index contributed by atoms with van der Waals surface area (Å²) in [7, 11) is 0. The SMILES string of the molecule is Cc1ccc(Cc2nc(C)c(CO)o2)cc1. The lowest BCUT2D eigenvalue weighted by Gasteiger charge is -1.97. The van der Waals surface area contributed by atoms with Crippen LogP contribution in [0.25, 0.3) is 0 Å². The Morgan fingerprint density at radius 3 is 2.44 bits per heavy atom. The van der Waals surface area contributed by atoms with Crippen molar-refractivity contribution in [3.63, 3.8) is 0 Å². The molecule has 16 heavy (non-hydrogen) atoms. The average Bonchev–Trinajstić information content (AvgIpc) is 2.62. The number of benzene rings is 1. The number of aliphatic hydroxyl groups is 1. The van der Waals surface area contributed by atoms with Gasteiger partial charge in [0.25, 0.3) is 0 Å². The fourth-order valence-electron chi connectivity index (χ4n) is 1.59. The molecule has 1 N–H and O–H groups in total. The summed E-state index contributed by atoms with van der Waals surface area (Å²) in [6.07, 6.45) is 0.668. The van der Waals surface area contributed by atoms with Gasteiger partial charge in [-0.1, -0.05) is 29.8 Å². The first-order chi connectivity index (χ1) is 7.69. The van der Waals surface area contributed by atoms with Gasteiger partial charge in [0.15, 0.2) is 11.7 Å². The molecule has 2 rings (SSSR count). The number of hydrogen-bond donors (Lipinski definition) is 1. The number of oxazole rings is 1. The molecule has 3 heteroatoms. The van der Waals surface area contributed by atoms with Crippen molar-refractivity contribution in [2.45, 2.75) is 26.9 Å². The molecule has 0 aliphatic rings. The molecule has 0 unspecified atom stereocenters.